The van der Waals surface area contributed by atoms with Gasteiger partial charge in [-0.15, -0.1) is 11.3 Å². The molecule has 0 fully saturated rings. The third-order valence-electron chi connectivity index (χ3n) is 2.21. The van der Waals surface area contributed by atoms with Crippen molar-refractivity contribution in [1.29, 1.82) is 0 Å². The van der Waals surface area contributed by atoms with Gasteiger partial charge < -0.3 is 5.73 Å². The molecule has 2 N–H and O–H groups in total. The maximum absolute atomic E-state index is 6.08. The van der Waals surface area contributed by atoms with E-state index >= 15 is 0 Å². The van der Waals surface area contributed by atoms with Crippen LogP contribution in [-0.4, -0.2) is 0 Å². The maximum atomic E-state index is 6.08. The summed E-state index contributed by atoms with van der Waals surface area (Å²) < 4.78 is 0. The quantitative estimate of drug-likeness (QED) is 0.815. The summed E-state index contributed by atoms with van der Waals surface area (Å²) in [6.07, 6.45) is 0.918. The predicted molar refractivity (Wildman–Crippen MR) is 61.4 cm³/mol. The molecule has 0 unspecified atom stereocenters. The maximum Gasteiger partial charge on any atom is 0.0430 e. The summed E-state index contributed by atoms with van der Waals surface area (Å²) in [5, 5.41) is 2.07. The standard InChI is InChI=1S/C12H13NS/c13-11(12-7-4-8-14-12)9-10-5-2-1-3-6-10/h1-8,11H,9,13H2/t11-/m0/s1. The Labute approximate surface area is 88.2 Å². The molecular formula is C12H13NS. The third kappa shape index (κ3) is 2.22. The topological polar surface area (TPSA) is 26.0 Å². The van der Waals surface area contributed by atoms with Crippen molar-refractivity contribution in [3.05, 3.63) is 58.3 Å². The average molecular weight is 203 g/mol. The normalized spacial score (nSPS) is 12.6. The minimum absolute atomic E-state index is 0.136. The Morgan fingerprint density at radius 2 is 1.86 bits per heavy atom. The van der Waals surface area contributed by atoms with E-state index in [1.165, 1.54) is 10.4 Å². The predicted octanol–water partition coefficient (Wildman–Crippen LogP) is 2.99. The van der Waals surface area contributed by atoms with Crippen LogP contribution in [0.1, 0.15) is 16.5 Å². The van der Waals surface area contributed by atoms with Gasteiger partial charge in [-0.05, 0) is 23.4 Å². The zero-order valence-corrected chi connectivity index (χ0v) is 8.71. The fraction of sp³-hybridized carbons (Fsp3) is 0.167. The molecule has 0 bridgehead atoms. The first-order chi connectivity index (χ1) is 6.86. The highest BCUT2D eigenvalue weighted by molar-refractivity contribution is 7.10. The lowest BCUT2D eigenvalue weighted by molar-refractivity contribution is 0.736. The minimum Gasteiger partial charge on any atom is -0.323 e. The van der Waals surface area contributed by atoms with Gasteiger partial charge in [-0.2, -0.15) is 0 Å². The Bertz CT molecular complexity index is 366. The summed E-state index contributed by atoms with van der Waals surface area (Å²) in [5.74, 6) is 0. The fourth-order valence-corrected chi connectivity index (χ4v) is 2.20. The largest absolute Gasteiger partial charge is 0.323 e. The first kappa shape index (κ1) is 9.44. The van der Waals surface area contributed by atoms with Gasteiger partial charge in [0.15, 0.2) is 0 Å². The van der Waals surface area contributed by atoms with Crippen LogP contribution < -0.4 is 5.73 Å². The molecule has 0 saturated heterocycles. The molecule has 0 saturated carbocycles. The van der Waals surface area contributed by atoms with Crippen LogP contribution in [0, 0.1) is 0 Å². The van der Waals surface area contributed by atoms with Crippen LogP contribution >= 0.6 is 11.3 Å². The van der Waals surface area contributed by atoms with Gasteiger partial charge in [0.2, 0.25) is 0 Å². The Kier molecular flexibility index (Phi) is 2.96. The Balaban J connectivity index is 2.06. The zero-order chi connectivity index (χ0) is 9.80. The van der Waals surface area contributed by atoms with Crippen molar-refractivity contribution < 1.29 is 0 Å². The number of hydrogen-bond donors (Lipinski definition) is 1. The second-order valence-corrected chi connectivity index (χ2v) is 4.29. The molecule has 1 atom stereocenters. The van der Waals surface area contributed by atoms with Crippen molar-refractivity contribution in [2.75, 3.05) is 0 Å². The van der Waals surface area contributed by atoms with Crippen molar-refractivity contribution in [2.24, 2.45) is 5.73 Å². The molecule has 1 heterocycles. The van der Waals surface area contributed by atoms with E-state index in [0.29, 0.717) is 0 Å². The lowest BCUT2D eigenvalue weighted by Crippen LogP contribution is -2.11. The van der Waals surface area contributed by atoms with Gasteiger partial charge in [0.1, 0.15) is 0 Å². The molecule has 14 heavy (non-hydrogen) atoms. The van der Waals surface area contributed by atoms with E-state index in [4.69, 9.17) is 5.73 Å². The van der Waals surface area contributed by atoms with Crippen LogP contribution in [0.5, 0.6) is 0 Å². The summed E-state index contributed by atoms with van der Waals surface area (Å²) in [6.45, 7) is 0. The van der Waals surface area contributed by atoms with Crippen molar-refractivity contribution in [2.45, 2.75) is 12.5 Å². The highest BCUT2D eigenvalue weighted by Crippen LogP contribution is 2.20. The molecule has 2 aromatic rings. The molecular weight excluding hydrogens is 190 g/mol. The SMILES string of the molecule is N[C@@H](Cc1ccccc1)c1cccs1. The second kappa shape index (κ2) is 4.40. The summed E-state index contributed by atoms with van der Waals surface area (Å²) in [7, 11) is 0. The third-order valence-corrected chi connectivity index (χ3v) is 3.21. The molecule has 0 radical (unpaired) electrons. The Hall–Kier alpha value is -1.12. The van der Waals surface area contributed by atoms with Gasteiger partial charge in [-0.25, -0.2) is 0 Å². The fourth-order valence-electron chi connectivity index (χ4n) is 1.47. The van der Waals surface area contributed by atoms with E-state index in [-0.39, 0.29) is 6.04 Å². The Morgan fingerprint density at radius 1 is 1.07 bits per heavy atom. The van der Waals surface area contributed by atoms with E-state index in [1.54, 1.807) is 11.3 Å². The van der Waals surface area contributed by atoms with Gasteiger partial charge in [0.25, 0.3) is 0 Å². The van der Waals surface area contributed by atoms with Gasteiger partial charge in [0, 0.05) is 10.9 Å². The van der Waals surface area contributed by atoms with Crippen LogP contribution in [0.4, 0.5) is 0 Å². The molecule has 2 rings (SSSR count). The van der Waals surface area contributed by atoms with E-state index in [1.807, 2.05) is 12.1 Å². The molecule has 0 amide bonds. The molecule has 0 aliphatic carbocycles. The van der Waals surface area contributed by atoms with Gasteiger partial charge in [-0.1, -0.05) is 36.4 Å². The highest BCUT2D eigenvalue weighted by Gasteiger charge is 2.06. The molecule has 1 aromatic carbocycles. The number of nitrogens with two attached hydrogens (primary N) is 1. The summed E-state index contributed by atoms with van der Waals surface area (Å²) in [4.78, 5) is 1.26. The smallest absolute Gasteiger partial charge is 0.0430 e. The lowest BCUT2D eigenvalue weighted by Gasteiger charge is -2.08. The van der Waals surface area contributed by atoms with E-state index < -0.39 is 0 Å². The van der Waals surface area contributed by atoms with Crippen LogP contribution in [0.3, 0.4) is 0 Å². The van der Waals surface area contributed by atoms with Crippen molar-refractivity contribution in [3.63, 3.8) is 0 Å². The molecule has 0 aliphatic rings. The van der Waals surface area contributed by atoms with E-state index in [9.17, 15) is 0 Å². The highest BCUT2D eigenvalue weighted by atomic mass is 32.1. The lowest BCUT2D eigenvalue weighted by atomic mass is 10.1. The number of benzene rings is 1. The molecule has 0 spiro atoms. The average Bonchev–Trinajstić information content (AvgIpc) is 2.72. The monoisotopic (exact) mass is 203 g/mol. The van der Waals surface area contributed by atoms with Crippen LogP contribution in [-0.2, 0) is 6.42 Å². The number of rotatable bonds is 3. The van der Waals surface area contributed by atoms with Crippen molar-refractivity contribution in [1.82, 2.24) is 0 Å². The molecule has 1 aromatic heterocycles. The van der Waals surface area contributed by atoms with Crippen LogP contribution in [0.2, 0.25) is 0 Å². The summed E-state index contributed by atoms with van der Waals surface area (Å²) in [5.41, 5.74) is 7.38. The zero-order valence-electron chi connectivity index (χ0n) is 7.89. The molecule has 0 aliphatic heterocycles. The van der Waals surface area contributed by atoms with Crippen LogP contribution in [0.15, 0.2) is 47.8 Å². The first-order valence-corrected chi connectivity index (χ1v) is 5.57. The van der Waals surface area contributed by atoms with Gasteiger partial charge in [0.05, 0.1) is 0 Å². The number of hydrogen-bond acceptors (Lipinski definition) is 2. The first-order valence-electron chi connectivity index (χ1n) is 4.69. The molecule has 1 nitrogen and oxygen atoms in total. The van der Waals surface area contributed by atoms with Gasteiger partial charge >= 0.3 is 0 Å². The Morgan fingerprint density at radius 3 is 2.50 bits per heavy atom. The summed E-state index contributed by atoms with van der Waals surface area (Å²) >= 11 is 1.73. The molecule has 72 valence electrons. The van der Waals surface area contributed by atoms with E-state index in [2.05, 4.69) is 35.7 Å². The summed E-state index contributed by atoms with van der Waals surface area (Å²) in [6, 6.07) is 14.6. The van der Waals surface area contributed by atoms with Gasteiger partial charge in [-0.3, -0.25) is 0 Å². The number of thiophene rings is 1. The van der Waals surface area contributed by atoms with Crippen LogP contribution in [0.25, 0.3) is 0 Å². The van der Waals surface area contributed by atoms with E-state index in [0.717, 1.165) is 6.42 Å². The van der Waals surface area contributed by atoms with Crippen molar-refractivity contribution >= 4 is 11.3 Å². The molecule has 2 heteroatoms. The second-order valence-electron chi connectivity index (χ2n) is 3.31. The minimum atomic E-state index is 0.136. The van der Waals surface area contributed by atoms with Crippen molar-refractivity contribution in [3.8, 4) is 0 Å².